The van der Waals surface area contributed by atoms with Gasteiger partial charge in [-0.05, 0) is 43.4 Å². The summed E-state index contributed by atoms with van der Waals surface area (Å²) >= 11 is 0. The Bertz CT molecular complexity index is 517. The molecule has 1 heterocycles. The Kier molecular flexibility index (Phi) is 4.22. The first-order chi connectivity index (χ1) is 9.41. The van der Waals surface area contributed by atoms with Gasteiger partial charge in [-0.15, -0.1) is 0 Å². The van der Waals surface area contributed by atoms with Gasteiger partial charge in [-0.25, -0.2) is 0 Å². The fourth-order valence-electron chi connectivity index (χ4n) is 2.58. The van der Waals surface area contributed by atoms with E-state index in [1.807, 2.05) is 11.0 Å². The average molecular weight is 282 g/mol. The molecule has 1 aliphatic heterocycles. The van der Waals surface area contributed by atoms with Crippen LogP contribution in [-0.4, -0.2) is 13.1 Å². The van der Waals surface area contributed by atoms with Crippen molar-refractivity contribution in [1.29, 1.82) is 5.26 Å². The van der Waals surface area contributed by atoms with Gasteiger partial charge in [-0.1, -0.05) is 6.92 Å². The average Bonchev–Trinajstić information content (AvgIpc) is 2.62. The number of alkyl halides is 3. The van der Waals surface area contributed by atoms with Crippen LogP contribution in [0.2, 0.25) is 0 Å². The molecule has 1 aromatic rings. The van der Waals surface area contributed by atoms with Gasteiger partial charge < -0.3 is 4.90 Å². The van der Waals surface area contributed by atoms with E-state index in [1.165, 1.54) is 6.07 Å². The Labute approximate surface area is 116 Å². The number of nitrogens with zero attached hydrogens (tertiary/aromatic N) is 2. The highest BCUT2D eigenvalue weighted by atomic mass is 19.4. The first kappa shape index (κ1) is 14.7. The van der Waals surface area contributed by atoms with Crippen molar-refractivity contribution in [3.63, 3.8) is 0 Å². The second-order valence-corrected chi connectivity index (χ2v) is 5.36. The van der Waals surface area contributed by atoms with Gasteiger partial charge in [0.15, 0.2) is 0 Å². The molecular formula is C15H17F3N2. The number of benzene rings is 1. The van der Waals surface area contributed by atoms with E-state index in [2.05, 4.69) is 6.92 Å². The fourth-order valence-corrected chi connectivity index (χ4v) is 2.58. The molecule has 0 spiro atoms. The number of hydrogen-bond acceptors (Lipinski definition) is 2. The van der Waals surface area contributed by atoms with Crippen LogP contribution < -0.4 is 4.90 Å². The highest BCUT2D eigenvalue weighted by Gasteiger charge is 2.31. The molecule has 1 atom stereocenters. The third-order valence-electron chi connectivity index (χ3n) is 3.80. The van der Waals surface area contributed by atoms with E-state index in [1.54, 1.807) is 0 Å². The zero-order valence-electron chi connectivity index (χ0n) is 11.4. The molecule has 1 aliphatic rings. The van der Waals surface area contributed by atoms with Crippen molar-refractivity contribution in [3.05, 3.63) is 29.3 Å². The van der Waals surface area contributed by atoms with Gasteiger partial charge >= 0.3 is 6.18 Å². The van der Waals surface area contributed by atoms with Gasteiger partial charge in [0.25, 0.3) is 0 Å². The Morgan fingerprint density at radius 3 is 2.65 bits per heavy atom. The van der Waals surface area contributed by atoms with Crippen LogP contribution in [0.4, 0.5) is 18.9 Å². The smallest absolute Gasteiger partial charge is 0.370 e. The molecule has 20 heavy (non-hydrogen) atoms. The highest BCUT2D eigenvalue weighted by Crippen LogP contribution is 2.33. The van der Waals surface area contributed by atoms with Gasteiger partial charge in [0.1, 0.15) is 6.07 Å². The summed E-state index contributed by atoms with van der Waals surface area (Å²) in [5.41, 5.74) is -0.0371. The summed E-state index contributed by atoms with van der Waals surface area (Å²) < 4.78 is 38.0. The van der Waals surface area contributed by atoms with Crippen LogP contribution in [-0.2, 0) is 6.18 Å². The molecule has 108 valence electrons. The molecule has 0 amide bonds. The van der Waals surface area contributed by atoms with Crippen LogP contribution >= 0.6 is 0 Å². The standard InChI is InChI=1S/C15H17F3N2/c1-11-3-2-7-20(8-6-11)14-5-4-13(15(16,17)18)9-12(14)10-19/h4-5,9,11H,2-3,6-8H2,1H3. The monoisotopic (exact) mass is 282 g/mol. The maximum atomic E-state index is 12.7. The molecule has 0 aliphatic carbocycles. The molecule has 0 N–H and O–H groups in total. The van der Waals surface area contributed by atoms with Gasteiger partial charge in [0.2, 0.25) is 0 Å². The lowest BCUT2D eigenvalue weighted by atomic mass is 10.0. The van der Waals surface area contributed by atoms with Gasteiger partial charge in [-0.3, -0.25) is 0 Å². The molecule has 1 aromatic carbocycles. The van der Waals surface area contributed by atoms with Gasteiger partial charge in [-0.2, -0.15) is 18.4 Å². The lowest BCUT2D eigenvalue weighted by Crippen LogP contribution is -2.25. The van der Waals surface area contributed by atoms with Crippen molar-refractivity contribution < 1.29 is 13.2 Å². The molecule has 0 radical (unpaired) electrons. The predicted octanol–water partition coefficient (Wildman–Crippen LogP) is 4.20. The second-order valence-electron chi connectivity index (χ2n) is 5.36. The molecule has 2 rings (SSSR count). The summed E-state index contributed by atoms with van der Waals surface area (Å²) in [6.45, 7) is 3.77. The Morgan fingerprint density at radius 1 is 1.25 bits per heavy atom. The summed E-state index contributed by atoms with van der Waals surface area (Å²) in [6, 6.07) is 5.33. The van der Waals surface area contributed by atoms with Crippen LogP contribution in [0.3, 0.4) is 0 Å². The predicted molar refractivity (Wildman–Crippen MR) is 71.4 cm³/mol. The molecule has 2 nitrogen and oxygen atoms in total. The summed E-state index contributed by atoms with van der Waals surface area (Å²) in [4.78, 5) is 2.03. The summed E-state index contributed by atoms with van der Waals surface area (Å²) in [7, 11) is 0. The van der Waals surface area contributed by atoms with Crippen molar-refractivity contribution in [1.82, 2.24) is 0 Å². The van der Waals surface area contributed by atoms with Gasteiger partial charge in [0.05, 0.1) is 16.8 Å². The molecule has 1 fully saturated rings. The van der Waals surface area contributed by atoms with Crippen LogP contribution in [0.15, 0.2) is 18.2 Å². The largest absolute Gasteiger partial charge is 0.416 e. The summed E-state index contributed by atoms with van der Waals surface area (Å²) in [5.74, 6) is 0.625. The number of nitriles is 1. The number of hydrogen-bond donors (Lipinski definition) is 0. The summed E-state index contributed by atoms with van der Waals surface area (Å²) in [5, 5.41) is 9.12. The second kappa shape index (κ2) is 5.74. The van der Waals surface area contributed by atoms with Gasteiger partial charge in [0, 0.05) is 13.1 Å². The first-order valence-corrected chi connectivity index (χ1v) is 6.78. The minimum atomic E-state index is -4.41. The Morgan fingerprint density at radius 2 is 2.00 bits per heavy atom. The Balaban J connectivity index is 2.30. The minimum Gasteiger partial charge on any atom is -0.370 e. The lowest BCUT2D eigenvalue weighted by molar-refractivity contribution is -0.137. The van der Waals surface area contributed by atoms with Crippen LogP contribution in [0.25, 0.3) is 0 Å². The normalized spacial score (nSPS) is 20.4. The molecule has 0 bridgehead atoms. The van der Waals surface area contributed by atoms with Crippen molar-refractivity contribution in [2.45, 2.75) is 32.4 Å². The van der Waals surface area contributed by atoms with Crippen LogP contribution in [0, 0.1) is 17.2 Å². The first-order valence-electron chi connectivity index (χ1n) is 6.78. The van der Waals surface area contributed by atoms with Crippen molar-refractivity contribution in [2.24, 2.45) is 5.92 Å². The molecule has 0 aromatic heterocycles. The van der Waals surface area contributed by atoms with Crippen molar-refractivity contribution >= 4 is 5.69 Å². The maximum absolute atomic E-state index is 12.7. The SMILES string of the molecule is CC1CCCN(c2ccc(C(F)(F)F)cc2C#N)CC1. The quantitative estimate of drug-likeness (QED) is 0.771. The summed E-state index contributed by atoms with van der Waals surface area (Å²) in [6.07, 6.45) is -1.27. The number of halogens is 3. The third kappa shape index (κ3) is 3.24. The molecule has 0 saturated carbocycles. The van der Waals surface area contributed by atoms with E-state index >= 15 is 0 Å². The van der Waals surface area contributed by atoms with Crippen molar-refractivity contribution in [2.75, 3.05) is 18.0 Å². The molecular weight excluding hydrogens is 265 g/mol. The maximum Gasteiger partial charge on any atom is 0.416 e. The minimum absolute atomic E-state index is 0.106. The van der Waals surface area contributed by atoms with Crippen LogP contribution in [0.1, 0.15) is 37.3 Å². The van der Waals surface area contributed by atoms with E-state index in [0.29, 0.717) is 11.6 Å². The Hall–Kier alpha value is -1.70. The number of rotatable bonds is 1. The van der Waals surface area contributed by atoms with E-state index in [9.17, 15) is 13.2 Å². The van der Waals surface area contributed by atoms with Crippen LogP contribution in [0.5, 0.6) is 0 Å². The van der Waals surface area contributed by atoms with E-state index < -0.39 is 11.7 Å². The zero-order valence-corrected chi connectivity index (χ0v) is 11.4. The van der Waals surface area contributed by atoms with E-state index in [0.717, 1.165) is 44.5 Å². The topological polar surface area (TPSA) is 27.0 Å². The lowest BCUT2D eigenvalue weighted by Gasteiger charge is -2.24. The van der Waals surface area contributed by atoms with Crippen molar-refractivity contribution in [3.8, 4) is 6.07 Å². The van der Waals surface area contributed by atoms with E-state index in [-0.39, 0.29) is 5.56 Å². The molecule has 1 saturated heterocycles. The highest BCUT2D eigenvalue weighted by molar-refractivity contribution is 5.60. The molecule has 5 heteroatoms. The van der Waals surface area contributed by atoms with E-state index in [4.69, 9.17) is 5.26 Å². The zero-order chi connectivity index (χ0) is 14.8. The molecule has 1 unspecified atom stereocenters. The third-order valence-corrected chi connectivity index (χ3v) is 3.80. The number of anilines is 1. The fraction of sp³-hybridized carbons (Fsp3) is 0.533.